The summed E-state index contributed by atoms with van der Waals surface area (Å²) in [5, 5.41) is 6.63. The van der Waals surface area contributed by atoms with Crippen LogP contribution in [0.5, 0.6) is 0 Å². The predicted octanol–water partition coefficient (Wildman–Crippen LogP) is -0.209. The summed E-state index contributed by atoms with van der Waals surface area (Å²) >= 11 is 0. The van der Waals surface area contributed by atoms with Crippen molar-refractivity contribution in [3.05, 3.63) is 36.5 Å². The predicted molar refractivity (Wildman–Crippen MR) is 59.4 cm³/mol. The van der Waals surface area contributed by atoms with E-state index in [0.717, 1.165) is 6.07 Å². The molecule has 0 saturated heterocycles. The van der Waals surface area contributed by atoms with Gasteiger partial charge in [0.05, 0.1) is 12.7 Å². The molecule has 0 aliphatic rings. The average Bonchev–Trinajstić information content (AvgIpc) is 2.82. The van der Waals surface area contributed by atoms with Crippen LogP contribution in [0.25, 0.3) is 0 Å². The minimum Gasteiger partial charge on any atom is -0.251 e. The lowest BCUT2D eigenvalue weighted by atomic mass is 10.5. The first-order valence-electron chi connectivity index (χ1n) is 5.04. The van der Waals surface area contributed by atoms with Gasteiger partial charge < -0.3 is 0 Å². The van der Waals surface area contributed by atoms with E-state index in [2.05, 4.69) is 20.0 Å². The van der Waals surface area contributed by atoms with E-state index < -0.39 is 20.9 Å². The molecule has 0 aromatic carbocycles. The summed E-state index contributed by atoms with van der Waals surface area (Å²) in [5.74, 6) is -0.884. The molecule has 0 aliphatic carbocycles. The van der Waals surface area contributed by atoms with Gasteiger partial charge in [-0.15, -0.1) is 5.10 Å². The van der Waals surface area contributed by atoms with Crippen molar-refractivity contribution in [2.45, 2.75) is 11.6 Å². The highest BCUT2D eigenvalue weighted by molar-refractivity contribution is 7.89. The van der Waals surface area contributed by atoms with Crippen molar-refractivity contribution in [1.82, 2.24) is 24.7 Å². The van der Waals surface area contributed by atoms with Crippen LogP contribution in [-0.4, -0.2) is 34.9 Å². The summed E-state index contributed by atoms with van der Waals surface area (Å²) in [7, 11) is -3.94. The van der Waals surface area contributed by atoms with Crippen molar-refractivity contribution in [2.75, 3.05) is 6.54 Å². The molecule has 0 saturated carbocycles. The number of hydrogen-bond acceptors (Lipinski definition) is 5. The second kappa shape index (κ2) is 5.19. The van der Waals surface area contributed by atoms with Crippen LogP contribution in [0.2, 0.25) is 0 Å². The third-order valence-electron chi connectivity index (χ3n) is 2.08. The van der Waals surface area contributed by atoms with Gasteiger partial charge >= 0.3 is 0 Å². The second-order valence-electron chi connectivity index (χ2n) is 3.35. The number of sulfonamides is 1. The van der Waals surface area contributed by atoms with Crippen LogP contribution in [0, 0.1) is 5.82 Å². The van der Waals surface area contributed by atoms with Gasteiger partial charge in [0.1, 0.15) is 0 Å². The highest BCUT2D eigenvalue weighted by atomic mass is 32.2. The lowest BCUT2D eigenvalue weighted by molar-refractivity contribution is 0.532. The van der Waals surface area contributed by atoms with E-state index in [1.165, 1.54) is 23.1 Å². The van der Waals surface area contributed by atoms with Crippen molar-refractivity contribution in [3.63, 3.8) is 0 Å². The molecule has 0 bridgehead atoms. The molecule has 0 atom stereocenters. The zero-order chi connectivity index (χ0) is 13.0. The van der Waals surface area contributed by atoms with Crippen molar-refractivity contribution in [3.8, 4) is 0 Å². The molecule has 0 amide bonds. The first kappa shape index (κ1) is 12.6. The number of aromatic nitrogens is 4. The summed E-state index contributed by atoms with van der Waals surface area (Å²) in [6.07, 6.45) is 4.29. The summed E-state index contributed by atoms with van der Waals surface area (Å²) in [5.41, 5.74) is 0. The molecule has 96 valence electrons. The van der Waals surface area contributed by atoms with Gasteiger partial charge in [0.2, 0.25) is 5.03 Å². The maximum absolute atomic E-state index is 13.3. The Hall–Kier alpha value is -1.87. The lowest BCUT2D eigenvalue weighted by Gasteiger charge is -2.06. The van der Waals surface area contributed by atoms with E-state index in [1.54, 1.807) is 6.20 Å². The average molecular weight is 271 g/mol. The molecule has 2 rings (SSSR count). The van der Waals surface area contributed by atoms with Gasteiger partial charge in [0.25, 0.3) is 10.0 Å². The lowest BCUT2D eigenvalue weighted by Crippen LogP contribution is -2.29. The van der Waals surface area contributed by atoms with Gasteiger partial charge in [-0.1, -0.05) is 5.21 Å². The molecule has 0 radical (unpaired) electrons. The monoisotopic (exact) mass is 271 g/mol. The smallest absolute Gasteiger partial charge is 0.251 e. The van der Waals surface area contributed by atoms with Gasteiger partial charge in [-0.3, -0.25) is 4.68 Å². The zero-order valence-electron chi connectivity index (χ0n) is 9.19. The Balaban J connectivity index is 2.02. The van der Waals surface area contributed by atoms with Gasteiger partial charge in [0, 0.05) is 18.9 Å². The molecule has 2 aromatic heterocycles. The van der Waals surface area contributed by atoms with Crippen LogP contribution in [0.4, 0.5) is 4.39 Å². The van der Waals surface area contributed by atoms with Crippen LogP contribution in [0.3, 0.4) is 0 Å². The van der Waals surface area contributed by atoms with Crippen LogP contribution in [0.1, 0.15) is 0 Å². The van der Waals surface area contributed by atoms with Gasteiger partial charge in [-0.2, -0.15) is 0 Å². The molecule has 1 N–H and O–H groups in total. The minimum atomic E-state index is -3.94. The SMILES string of the molecule is O=S(=O)(NCCn1ccnn1)c1ncccc1F. The zero-order valence-corrected chi connectivity index (χ0v) is 10.0. The van der Waals surface area contributed by atoms with E-state index in [0.29, 0.717) is 6.54 Å². The third kappa shape index (κ3) is 2.87. The molecule has 0 spiro atoms. The number of halogens is 1. The Labute approximate surface area is 103 Å². The number of pyridine rings is 1. The first-order chi connectivity index (χ1) is 8.59. The Morgan fingerprint density at radius 3 is 2.89 bits per heavy atom. The van der Waals surface area contributed by atoms with E-state index in [1.807, 2.05) is 0 Å². The fraction of sp³-hybridized carbons (Fsp3) is 0.222. The molecule has 0 fully saturated rings. The minimum absolute atomic E-state index is 0.0711. The molecular formula is C9H10FN5O2S. The van der Waals surface area contributed by atoms with Crippen molar-refractivity contribution in [1.29, 1.82) is 0 Å². The van der Waals surface area contributed by atoms with E-state index in [-0.39, 0.29) is 6.54 Å². The number of nitrogens with one attached hydrogen (secondary N) is 1. The highest BCUT2D eigenvalue weighted by Gasteiger charge is 2.19. The molecule has 2 heterocycles. The summed E-state index contributed by atoms with van der Waals surface area (Å²) in [6.45, 7) is 0.370. The Bertz CT molecular complexity index is 614. The van der Waals surface area contributed by atoms with Crippen LogP contribution in [0.15, 0.2) is 35.7 Å². The molecule has 7 nitrogen and oxygen atoms in total. The standard InChI is InChI=1S/C9H10FN5O2S/c10-8-2-1-3-11-9(8)18(16,17)13-5-7-15-6-4-12-14-15/h1-4,6,13H,5,7H2. The Kier molecular flexibility index (Phi) is 3.63. The van der Waals surface area contributed by atoms with Crippen LogP contribution >= 0.6 is 0 Å². The highest BCUT2D eigenvalue weighted by Crippen LogP contribution is 2.09. The topological polar surface area (TPSA) is 89.8 Å². The molecular weight excluding hydrogens is 261 g/mol. The fourth-order valence-corrected chi connectivity index (χ4v) is 2.30. The largest absolute Gasteiger partial charge is 0.261 e. The Morgan fingerprint density at radius 1 is 1.39 bits per heavy atom. The van der Waals surface area contributed by atoms with E-state index >= 15 is 0 Å². The number of rotatable bonds is 5. The Morgan fingerprint density at radius 2 is 2.22 bits per heavy atom. The number of hydrogen-bond donors (Lipinski definition) is 1. The summed E-state index contributed by atoms with van der Waals surface area (Å²) in [4.78, 5) is 3.51. The van der Waals surface area contributed by atoms with Gasteiger partial charge in [-0.05, 0) is 12.1 Å². The maximum Gasteiger partial charge on any atom is 0.261 e. The first-order valence-corrected chi connectivity index (χ1v) is 6.52. The third-order valence-corrected chi connectivity index (χ3v) is 3.48. The fourth-order valence-electron chi connectivity index (χ4n) is 1.28. The van der Waals surface area contributed by atoms with Gasteiger partial charge in [-0.25, -0.2) is 22.5 Å². The molecule has 2 aromatic rings. The second-order valence-corrected chi connectivity index (χ2v) is 5.04. The quantitative estimate of drug-likeness (QED) is 0.812. The normalized spacial score (nSPS) is 11.6. The van der Waals surface area contributed by atoms with Crippen molar-refractivity contribution in [2.24, 2.45) is 0 Å². The number of nitrogens with zero attached hydrogens (tertiary/aromatic N) is 4. The van der Waals surface area contributed by atoms with Crippen LogP contribution in [-0.2, 0) is 16.6 Å². The molecule has 18 heavy (non-hydrogen) atoms. The molecule has 0 aliphatic heterocycles. The van der Waals surface area contributed by atoms with Gasteiger partial charge in [0.15, 0.2) is 5.82 Å². The molecule has 0 unspecified atom stereocenters. The van der Waals surface area contributed by atoms with Crippen LogP contribution < -0.4 is 4.72 Å². The van der Waals surface area contributed by atoms with E-state index in [9.17, 15) is 12.8 Å². The van der Waals surface area contributed by atoms with Crippen molar-refractivity contribution >= 4 is 10.0 Å². The van der Waals surface area contributed by atoms with E-state index in [4.69, 9.17) is 0 Å². The van der Waals surface area contributed by atoms with Crippen molar-refractivity contribution < 1.29 is 12.8 Å². The summed E-state index contributed by atoms with van der Waals surface area (Å²) in [6, 6.07) is 2.36. The summed E-state index contributed by atoms with van der Waals surface area (Å²) < 4.78 is 40.4. The maximum atomic E-state index is 13.3. The molecule has 9 heteroatoms.